The van der Waals surface area contributed by atoms with Crippen molar-refractivity contribution in [2.24, 2.45) is 0 Å². The molecule has 0 aliphatic heterocycles. The molecule has 24 heavy (non-hydrogen) atoms. The summed E-state index contributed by atoms with van der Waals surface area (Å²) in [6, 6.07) is 12.9. The van der Waals surface area contributed by atoms with Crippen LogP contribution in [0.15, 0.2) is 42.5 Å². The lowest BCUT2D eigenvalue weighted by Gasteiger charge is -2.17. The Kier molecular flexibility index (Phi) is 6.50. The van der Waals surface area contributed by atoms with Crippen LogP contribution in [0.2, 0.25) is 5.02 Å². The van der Waals surface area contributed by atoms with E-state index in [0.717, 1.165) is 16.9 Å². The molecule has 0 spiro atoms. The largest absolute Gasteiger partial charge is 0.492 e. The van der Waals surface area contributed by atoms with Crippen LogP contribution < -0.4 is 14.8 Å². The van der Waals surface area contributed by atoms with Gasteiger partial charge in [0.05, 0.1) is 6.54 Å². The van der Waals surface area contributed by atoms with E-state index in [1.807, 2.05) is 32.0 Å². The Labute approximate surface area is 147 Å². The zero-order chi connectivity index (χ0) is 17.5. The van der Waals surface area contributed by atoms with E-state index in [9.17, 15) is 4.79 Å². The lowest BCUT2D eigenvalue weighted by molar-refractivity contribution is -0.127. The molecule has 1 atom stereocenters. The summed E-state index contributed by atoms with van der Waals surface area (Å²) in [7, 11) is 0. The van der Waals surface area contributed by atoms with Crippen molar-refractivity contribution in [1.29, 1.82) is 0 Å². The lowest BCUT2D eigenvalue weighted by atomic mass is 10.1. The molecule has 1 N–H and O–H groups in total. The molecule has 2 rings (SSSR count). The highest BCUT2D eigenvalue weighted by molar-refractivity contribution is 6.30. The first-order valence-electron chi connectivity index (χ1n) is 7.86. The van der Waals surface area contributed by atoms with Crippen LogP contribution in [0, 0.1) is 13.8 Å². The number of hydrogen-bond donors (Lipinski definition) is 1. The minimum absolute atomic E-state index is 0.171. The third-order valence-corrected chi connectivity index (χ3v) is 3.96. The molecule has 1 unspecified atom stereocenters. The maximum absolute atomic E-state index is 12.1. The highest BCUT2D eigenvalue weighted by Crippen LogP contribution is 2.21. The Morgan fingerprint density at radius 2 is 1.88 bits per heavy atom. The third-order valence-electron chi connectivity index (χ3n) is 3.71. The summed E-state index contributed by atoms with van der Waals surface area (Å²) in [4.78, 5) is 12.1. The summed E-state index contributed by atoms with van der Waals surface area (Å²) in [6.07, 6.45) is -0.568. The zero-order valence-corrected chi connectivity index (χ0v) is 14.9. The molecule has 2 aromatic rings. The van der Waals surface area contributed by atoms with E-state index in [2.05, 4.69) is 5.32 Å². The summed E-state index contributed by atoms with van der Waals surface area (Å²) >= 11 is 5.81. The molecule has 0 aliphatic rings. The van der Waals surface area contributed by atoms with Crippen LogP contribution in [0.4, 0.5) is 0 Å². The van der Waals surface area contributed by atoms with Crippen molar-refractivity contribution >= 4 is 17.5 Å². The third kappa shape index (κ3) is 5.17. The Morgan fingerprint density at radius 3 is 2.58 bits per heavy atom. The Morgan fingerprint density at radius 1 is 1.17 bits per heavy atom. The van der Waals surface area contributed by atoms with Crippen molar-refractivity contribution in [1.82, 2.24) is 5.32 Å². The van der Waals surface area contributed by atoms with Gasteiger partial charge in [-0.2, -0.15) is 0 Å². The van der Waals surface area contributed by atoms with E-state index in [1.165, 1.54) is 0 Å². The van der Waals surface area contributed by atoms with Gasteiger partial charge in [-0.1, -0.05) is 23.7 Å². The van der Waals surface area contributed by atoms with Gasteiger partial charge in [-0.15, -0.1) is 0 Å². The summed E-state index contributed by atoms with van der Waals surface area (Å²) < 4.78 is 11.3. The van der Waals surface area contributed by atoms with Crippen LogP contribution in [0.1, 0.15) is 18.1 Å². The number of ether oxygens (including phenoxy) is 2. The number of benzene rings is 2. The Hall–Kier alpha value is -2.20. The number of carbonyl (C=O) groups excluding carboxylic acids is 1. The van der Waals surface area contributed by atoms with Crippen molar-refractivity contribution in [3.05, 3.63) is 58.6 Å². The van der Waals surface area contributed by atoms with Crippen molar-refractivity contribution in [3.8, 4) is 11.5 Å². The van der Waals surface area contributed by atoms with Gasteiger partial charge in [0.25, 0.3) is 5.91 Å². The van der Waals surface area contributed by atoms with Gasteiger partial charge in [0, 0.05) is 5.02 Å². The lowest BCUT2D eigenvalue weighted by Crippen LogP contribution is -2.38. The molecule has 0 radical (unpaired) electrons. The van der Waals surface area contributed by atoms with Gasteiger partial charge in [-0.3, -0.25) is 4.79 Å². The molecule has 5 heteroatoms. The number of hydrogen-bond acceptors (Lipinski definition) is 3. The van der Waals surface area contributed by atoms with E-state index in [-0.39, 0.29) is 5.91 Å². The summed E-state index contributed by atoms with van der Waals surface area (Å²) in [6.45, 7) is 6.51. The average molecular weight is 348 g/mol. The van der Waals surface area contributed by atoms with Crippen LogP contribution in [0.5, 0.6) is 11.5 Å². The van der Waals surface area contributed by atoms with E-state index in [1.54, 1.807) is 31.2 Å². The summed E-state index contributed by atoms with van der Waals surface area (Å²) in [5.41, 5.74) is 2.18. The van der Waals surface area contributed by atoms with Crippen molar-refractivity contribution in [2.75, 3.05) is 13.2 Å². The predicted molar refractivity (Wildman–Crippen MR) is 96.0 cm³/mol. The smallest absolute Gasteiger partial charge is 0.260 e. The second-order valence-electron chi connectivity index (χ2n) is 5.55. The second kappa shape index (κ2) is 8.60. The van der Waals surface area contributed by atoms with Gasteiger partial charge in [-0.25, -0.2) is 0 Å². The van der Waals surface area contributed by atoms with Crippen molar-refractivity contribution in [2.45, 2.75) is 26.9 Å². The Balaban J connectivity index is 1.75. The van der Waals surface area contributed by atoms with E-state index >= 15 is 0 Å². The first kappa shape index (κ1) is 18.1. The number of aryl methyl sites for hydroxylation is 1. The van der Waals surface area contributed by atoms with Crippen molar-refractivity contribution < 1.29 is 14.3 Å². The molecule has 0 bridgehead atoms. The fraction of sp³-hybridized carbons (Fsp3) is 0.316. The second-order valence-corrected chi connectivity index (χ2v) is 5.99. The highest BCUT2D eigenvalue weighted by atomic mass is 35.5. The van der Waals surface area contributed by atoms with Gasteiger partial charge in [0.2, 0.25) is 0 Å². The van der Waals surface area contributed by atoms with Crippen LogP contribution in [0.3, 0.4) is 0 Å². The molecule has 0 saturated carbocycles. The Bertz CT molecular complexity index is 686. The number of carbonyl (C=O) groups is 1. The monoisotopic (exact) mass is 347 g/mol. The SMILES string of the molecule is Cc1cccc(OC(C)C(=O)NCCOc2ccc(Cl)cc2)c1C. The molecular formula is C19H22ClNO3. The standard InChI is InChI=1S/C19H22ClNO3/c1-13-5-4-6-18(14(13)2)24-15(3)19(22)21-11-12-23-17-9-7-16(20)8-10-17/h4-10,15H,11-12H2,1-3H3,(H,21,22). The topological polar surface area (TPSA) is 47.6 Å². The van der Waals surface area contributed by atoms with Gasteiger partial charge in [0.1, 0.15) is 18.1 Å². The molecule has 1 amide bonds. The molecule has 4 nitrogen and oxygen atoms in total. The molecule has 0 heterocycles. The number of nitrogens with one attached hydrogen (secondary N) is 1. The molecular weight excluding hydrogens is 326 g/mol. The highest BCUT2D eigenvalue weighted by Gasteiger charge is 2.15. The van der Waals surface area contributed by atoms with Crippen LogP contribution in [-0.2, 0) is 4.79 Å². The summed E-state index contributed by atoms with van der Waals surface area (Å²) in [5, 5.41) is 3.46. The maximum atomic E-state index is 12.1. The minimum atomic E-state index is -0.568. The van der Waals surface area contributed by atoms with E-state index in [0.29, 0.717) is 23.9 Å². The zero-order valence-electron chi connectivity index (χ0n) is 14.1. The summed E-state index contributed by atoms with van der Waals surface area (Å²) in [5.74, 6) is 1.28. The molecule has 0 saturated heterocycles. The number of rotatable bonds is 7. The average Bonchev–Trinajstić information content (AvgIpc) is 2.57. The van der Waals surface area contributed by atoms with Gasteiger partial charge in [-0.05, 0) is 62.2 Å². The molecule has 0 aliphatic carbocycles. The normalized spacial score (nSPS) is 11.7. The van der Waals surface area contributed by atoms with Crippen molar-refractivity contribution in [3.63, 3.8) is 0 Å². The molecule has 0 aromatic heterocycles. The van der Waals surface area contributed by atoms with Gasteiger partial charge in [0.15, 0.2) is 6.10 Å². The fourth-order valence-corrected chi connectivity index (χ4v) is 2.24. The van der Waals surface area contributed by atoms with Gasteiger partial charge >= 0.3 is 0 Å². The molecule has 0 fully saturated rings. The number of halogens is 1. The molecule has 2 aromatic carbocycles. The van der Waals surface area contributed by atoms with Crippen LogP contribution in [0.25, 0.3) is 0 Å². The maximum Gasteiger partial charge on any atom is 0.260 e. The van der Waals surface area contributed by atoms with Gasteiger partial charge < -0.3 is 14.8 Å². The first-order chi connectivity index (χ1) is 11.5. The predicted octanol–water partition coefficient (Wildman–Crippen LogP) is 3.92. The van der Waals surface area contributed by atoms with E-state index < -0.39 is 6.10 Å². The quantitative estimate of drug-likeness (QED) is 0.772. The number of amides is 1. The van der Waals surface area contributed by atoms with Crippen LogP contribution >= 0.6 is 11.6 Å². The minimum Gasteiger partial charge on any atom is -0.492 e. The first-order valence-corrected chi connectivity index (χ1v) is 8.24. The fourth-order valence-electron chi connectivity index (χ4n) is 2.11. The van der Waals surface area contributed by atoms with Crippen LogP contribution in [-0.4, -0.2) is 25.2 Å². The molecule has 128 valence electrons. The van der Waals surface area contributed by atoms with E-state index in [4.69, 9.17) is 21.1 Å².